The first-order valence-corrected chi connectivity index (χ1v) is 6.42. The van der Waals surface area contributed by atoms with Gasteiger partial charge in [-0.15, -0.1) is 12.4 Å². The van der Waals surface area contributed by atoms with Crippen molar-refractivity contribution in [1.29, 1.82) is 0 Å². The molecule has 2 N–H and O–H groups in total. The van der Waals surface area contributed by atoms with Crippen LogP contribution in [0.4, 0.5) is 5.69 Å². The van der Waals surface area contributed by atoms with E-state index in [2.05, 4.69) is 10.6 Å². The van der Waals surface area contributed by atoms with E-state index in [-0.39, 0.29) is 34.7 Å². The number of carbonyl (C=O) groups is 1. The van der Waals surface area contributed by atoms with E-state index in [9.17, 15) is 14.9 Å². The van der Waals surface area contributed by atoms with E-state index in [1.807, 2.05) is 0 Å². The van der Waals surface area contributed by atoms with Crippen LogP contribution in [0.15, 0.2) is 18.2 Å². The Morgan fingerprint density at radius 1 is 1.50 bits per heavy atom. The second kappa shape index (κ2) is 7.42. The summed E-state index contributed by atoms with van der Waals surface area (Å²) in [6.07, 6.45) is 1.83. The van der Waals surface area contributed by atoms with Crippen LogP contribution >= 0.6 is 24.0 Å². The molecule has 0 aromatic heterocycles. The number of benzene rings is 1. The average molecular weight is 320 g/mol. The van der Waals surface area contributed by atoms with E-state index >= 15 is 0 Å². The molecule has 0 bridgehead atoms. The van der Waals surface area contributed by atoms with Crippen LogP contribution < -0.4 is 10.6 Å². The number of halogens is 2. The number of amides is 1. The molecule has 1 atom stereocenters. The smallest absolute Gasteiger partial charge is 0.283 e. The van der Waals surface area contributed by atoms with Gasteiger partial charge in [0.05, 0.1) is 9.95 Å². The monoisotopic (exact) mass is 319 g/mol. The van der Waals surface area contributed by atoms with Gasteiger partial charge in [0.25, 0.3) is 11.6 Å². The summed E-state index contributed by atoms with van der Waals surface area (Å²) in [5.41, 5.74) is -0.339. The summed E-state index contributed by atoms with van der Waals surface area (Å²) in [7, 11) is 0. The van der Waals surface area contributed by atoms with Crippen molar-refractivity contribution in [3.8, 4) is 0 Å². The number of nitro groups is 1. The van der Waals surface area contributed by atoms with Crippen LogP contribution in [0.1, 0.15) is 23.2 Å². The number of hydrogen-bond donors (Lipinski definition) is 2. The van der Waals surface area contributed by atoms with Crippen LogP contribution in [0, 0.1) is 10.1 Å². The van der Waals surface area contributed by atoms with E-state index in [1.54, 1.807) is 0 Å². The average Bonchev–Trinajstić information content (AvgIpc) is 2.39. The van der Waals surface area contributed by atoms with Crippen molar-refractivity contribution >= 4 is 35.6 Å². The first-order valence-electron chi connectivity index (χ1n) is 6.04. The van der Waals surface area contributed by atoms with Crippen molar-refractivity contribution in [1.82, 2.24) is 10.6 Å². The van der Waals surface area contributed by atoms with Crippen molar-refractivity contribution in [3.05, 3.63) is 38.9 Å². The van der Waals surface area contributed by atoms with Crippen molar-refractivity contribution in [2.75, 3.05) is 13.1 Å². The number of nitro benzene ring substituents is 1. The van der Waals surface area contributed by atoms with Crippen molar-refractivity contribution in [2.24, 2.45) is 0 Å². The second-order valence-corrected chi connectivity index (χ2v) is 4.82. The van der Waals surface area contributed by atoms with Crippen molar-refractivity contribution in [3.63, 3.8) is 0 Å². The van der Waals surface area contributed by atoms with Gasteiger partial charge in [0.1, 0.15) is 5.56 Å². The molecule has 6 nitrogen and oxygen atoms in total. The Morgan fingerprint density at radius 2 is 2.25 bits per heavy atom. The molecule has 0 spiro atoms. The molecule has 1 fully saturated rings. The van der Waals surface area contributed by atoms with Gasteiger partial charge in [-0.25, -0.2) is 0 Å². The van der Waals surface area contributed by atoms with Crippen molar-refractivity contribution in [2.45, 2.75) is 18.9 Å². The molecular weight excluding hydrogens is 305 g/mol. The Hall–Kier alpha value is -1.37. The molecule has 1 saturated heterocycles. The minimum absolute atomic E-state index is 0. The lowest BCUT2D eigenvalue weighted by molar-refractivity contribution is -0.385. The summed E-state index contributed by atoms with van der Waals surface area (Å²) >= 11 is 5.91. The minimum Gasteiger partial charge on any atom is -0.348 e. The fraction of sp³-hybridized carbons (Fsp3) is 0.417. The van der Waals surface area contributed by atoms with Gasteiger partial charge in [0, 0.05) is 18.7 Å². The lowest BCUT2D eigenvalue weighted by Crippen LogP contribution is -2.45. The van der Waals surface area contributed by atoms with Gasteiger partial charge in [-0.1, -0.05) is 17.7 Å². The molecule has 1 aromatic rings. The van der Waals surface area contributed by atoms with Crippen LogP contribution in [-0.4, -0.2) is 30.0 Å². The topological polar surface area (TPSA) is 84.3 Å². The zero-order valence-electron chi connectivity index (χ0n) is 10.6. The molecule has 8 heteroatoms. The van der Waals surface area contributed by atoms with Gasteiger partial charge in [-0.3, -0.25) is 14.9 Å². The van der Waals surface area contributed by atoms with Crippen LogP contribution in [0.2, 0.25) is 5.02 Å². The summed E-state index contributed by atoms with van der Waals surface area (Å²) in [5.74, 6) is -0.494. The van der Waals surface area contributed by atoms with E-state index in [1.165, 1.54) is 18.2 Å². The zero-order valence-corrected chi connectivity index (χ0v) is 12.2. The SMILES string of the molecule is Cl.O=C(N[C@@H]1CCCNC1)c1c(Cl)cccc1[N+](=O)[O-]. The summed E-state index contributed by atoms with van der Waals surface area (Å²) in [4.78, 5) is 22.5. The van der Waals surface area contributed by atoms with Crippen LogP contribution in [0.5, 0.6) is 0 Å². The standard InChI is InChI=1S/C12H14ClN3O3.ClH/c13-9-4-1-5-10(16(18)19)11(9)12(17)15-8-3-2-6-14-7-8;/h1,4-5,8,14H,2-3,6-7H2,(H,15,17);1H/t8-;/m1./s1. The van der Waals surface area contributed by atoms with Gasteiger partial charge in [-0.05, 0) is 25.5 Å². The van der Waals surface area contributed by atoms with Gasteiger partial charge in [0.15, 0.2) is 0 Å². The fourth-order valence-electron chi connectivity index (χ4n) is 2.12. The number of nitrogens with zero attached hydrogens (tertiary/aromatic N) is 1. The maximum atomic E-state index is 12.1. The van der Waals surface area contributed by atoms with Crippen LogP contribution in [0.3, 0.4) is 0 Å². The zero-order chi connectivity index (χ0) is 13.8. The quantitative estimate of drug-likeness (QED) is 0.660. The molecule has 0 radical (unpaired) electrons. The lowest BCUT2D eigenvalue weighted by atomic mass is 10.1. The van der Waals surface area contributed by atoms with E-state index in [0.717, 1.165) is 19.4 Å². The highest BCUT2D eigenvalue weighted by Gasteiger charge is 2.25. The number of rotatable bonds is 3. The highest BCUT2D eigenvalue weighted by molar-refractivity contribution is 6.34. The summed E-state index contributed by atoms with van der Waals surface area (Å²) < 4.78 is 0. The Bertz CT molecular complexity index is 505. The number of piperidine rings is 1. The molecular formula is C12H15Cl2N3O3. The predicted molar refractivity (Wildman–Crippen MR) is 78.7 cm³/mol. The van der Waals surface area contributed by atoms with Gasteiger partial charge >= 0.3 is 0 Å². The maximum Gasteiger partial charge on any atom is 0.283 e. The summed E-state index contributed by atoms with van der Waals surface area (Å²) in [5, 5.41) is 17.0. The Labute approximate surface area is 127 Å². The molecule has 1 amide bonds. The van der Waals surface area contributed by atoms with Gasteiger partial charge < -0.3 is 10.6 Å². The molecule has 0 unspecified atom stereocenters. The fourth-order valence-corrected chi connectivity index (χ4v) is 2.38. The highest BCUT2D eigenvalue weighted by Crippen LogP contribution is 2.26. The van der Waals surface area contributed by atoms with Crippen molar-refractivity contribution < 1.29 is 9.72 Å². The molecule has 1 aliphatic heterocycles. The summed E-state index contributed by atoms with van der Waals surface area (Å²) in [6.45, 7) is 1.60. The third-order valence-electron chi connectivity index (χ3n) is 3.05. The Morgan fingerprint density at radius 3 is 2.85 bits per heavy atom. The first kappa shape index (κ1) is 16.7. The first-order chi connectivity index (χ1) is 9.09. The van der Waals surface area contributed by atoms with Gasteiger partial charge in [0.2, 0.25) is 0 Å². The van der Waals surface area contributed by atoms with Crippen LogP contribution in [-0.2, 0) is 0 Å². The molecule has 1 heterocycles. The molecule has 2 rings (SSSR count). The Kier molecular flexibility index (Phi) is 6.19. The van der Waals surface area contributed by atoms with E-state index in [4.69, 9.17) is 11.6 Å². The maximum absolute atomic E-state index is 12.1. The minimum atomic E-state index is -0.597. The number of hydrogen-bond acceptors (Lipinski definition) is 4. The number of carbonyl (C=O) groups excluding carboxylic acids is 1. The third kappa shape index (κ3) is 3.82. The van der Waals surface area contributed by atoms with Crippen LogP contribution in [0.25, 0.3) is 0 Å². The highest BCUT2D eigenvalue weighted by atomic mass is 35.5. The normalized spacial score (nSPS) is 17.9. The molecule has 1 aliphatic rings. The number of nitrogens with one attached hydrogen (secondary N) is 2. The van der Waals surface area contributed by atoms with E-state index < -0.39 is 10.8 Å². The van der Waals surface area contributed by atoms with E-state index in [0.29, 0.717) is 6.54 Å². The molecule has 0 saturated carbocycles. The molecule has 1 aromatic carbocycles. The predicted octanol–water partition coefficient (Wildman–Crippen LogP) is 2.15. The second-order valence-electron chi connectivity index (χ2n) is 4.41. The largest absolute Gasteiger partial charge is 0.348 e. The summed E-state index contributed by atoms with van der Waals surface area (Å²) in [6, 6.07) is 4.19. The lowest BCUT2D eigenvalue weighted by Gasteiger charge is -2.23. The molecule has 110 valence electrons. The Balaban J connectivity index is 0.00000200. The molecule has 20 heavy (non-hydrogen) atoms. The molecule has 0 aliphatic carbocycles. The third-order valence-corrected chi connectivity index (χ3v) is 3.36. The van der Waals surface area contributed by atoms with Gasteiger partial charge in [-0.2, -0.15) is 0 Å².